The molecule has 0 aliphatic heterocycles. The first kappa shape index (κ1) is 23.4. The van der Waals surface area contributed by atoms with E-state index in [1.807, 2.05) is 73.5 Å². The Morgan fingerprint density at radius 2 is 2.06 bits per heavy atom. The summed E-state index contributed by atoms with van der Waals surface area (Å²) in [6, 6.07) is 17.1. The molecule has 0 fully saturated rings. The van der Waals surface area contributed by atoms with Crippen molar-refractivity contribution in [2.75, 3.05) is 24.3 Å². The minimum atomic E-state index is -0.544. The monoisotopic (exact) mass is 475 g/mol. The highest BCUT2D eigenvalue weighted by atomic mass is 16.6. The third-order valence-electron chi connectivity index (χ3n) is 4.97. The Kier molecular flexibility index (Phi) is 7.31. The van der Waals surface area contributed by atoms with Crippen molar-refractivity contribution in [1.82, 2.24) is 30.7 Å². The summed E-state index contributed by atoms with van der Waals surface area (Å²) in [5.74, 6) is 0.349. The molecule has 0 atom stereocenters. The molecule has 3 N–H and O–H groups in total. The number of para-hydroxylation sites is 1. The summed E-state index contributed by atoms with van der Waals surface area (Å²) in [5.41, 5.74) is 10.6. The normalized spacial score (nSPS) is 11.0. The van der Waals surface area contributed by atoms with Crippen LogP contribution in [0.15, 0.2) is 64.3 Å². The van der Waals surface area contributed by atoms with E-state index in [1.54, 1.807) is 0 Å². The van der Waals surface area contributed by atoms with Crippen LogP contribution in [0.2, 0.25) is 0 Å². The highest BCUT2D eigenvalue weighted by molar-refractivity contribution is 5.94. The average molecular weight is 476 g/mol. The lowest BCUT2D eigenvalue weighted by Crippen LogP contribution is -2.24. The van der Waals surface area contributed by atoms with Gasteiger partial charge in [-0.25, -0.2) is 10.1 Å². The summed E-state index contributed by atoms with van der Waals surface area (Å²) in [6.07, 6.45) is 2.43. The van der Waals surface area contributed by atoms with Crippen LogP contribution >= 0.6 is 0 Å². The number of rotatable bonds is 10. The second-order valence-corrected chi connectivity index (χ2v) is 7.58. The van der Waals surface area contributed by atoms with Crippen molar-refractivity contribution in [1.29, 1.82) is 0 Å². The maximum atomic E-state index is 13.0. The molecule has 2 aromatic heterocycles. The number of amides is 1. The molecule has 180 valence electrons. The number of carbonyl (C=O) groups excluding carboxylic acids is 1. The number of nitrogens with zero attached hydrogens (tertiary/aromatic N) is 7. The molecule has 4 rings (SSSR count). The standard InChI is InChI=1S/C23H25N9O3/c1-3-12-34-18-11-7-8-16(13-18)14-25-27-23(33)20-19(15-31(2)17-9-5-4-6-10-17)32(30-26-20)22-21(24)28-35-29-22/h4-11,13-14H,3,12,15H2,1-2H3,(H2,24,28)(H,27,33)/b25-14-. The molecule has 2 aromatic carbocycles. The van der Waals surface area contributed by atoms with Crippen molar-refractivity contribution in [2.24, 2.45) is 5.10 Å². The van der Waals surface area contributed by atoms with Crippen LogP contribution in [-0.4, -0.2) is 51.1 Å². The van der Waals surface area contributed by atoms with Gasteiger partial charge in [-0.05, 0) is 46.6 Å². The number of nitrogens with one attached hydrogen (secondary N) is 1. The summed E-state index contributed by atoms with van der Waals surface area (Å²) in [4.78, 5) is 14.9. The zero-order valence-electron chi connectivity index (χ0n) is 19.3. The van der Waals surface area contributed by atoms with Gasteiger partial charge in [0, 0.05) is 12.7 Å². The Balaban J connectivity index is 1.55. The van der Waals surface area contributed by atoms with Gasteiger partial charge in [0.25, 0.3) is 5.91 Å². The van der Waals surface area contributed by atoms with Crippen LogP contribution < -0.4 is 20.8 Å². The zero-order chi connectivity index (χ0) is 24.6. The molecule has 2 heterocycles. The Bertz CT molecular complexity index is 1300. The lowest BCUT2D eigenvalue weighted by Gasteiger charge is -2.19. The Labute approximate surface area is 201 Å². The minimum Gasteiger partial charge on any atom is -0.494 e. The summed E-state index contributed by atoms with van der Waals surface area (Å²) in [5, 5.41) is 19.6. The van der Waals surface area contributed by atoms with Crippen molar-refractivity contribution >= 4 is 23.6 Å². The second-order valence-electron chi connectivity index (χ2n) is 7.58. The molecule has 35 heavy (non-hydrogen) atoms. The van der Waals surface area contributed by atoms with Gasteiger partial charge in [-0.2, -0.15) is 9.78 Å². The van der Waals surface area contributed by atoms with Crippen LogP contribution in [0.25, 0.3) is 5.82 Å². The fraction of sp³-hybridized carbons (Fsp3) is 0.217. The predicted molar refractivity (Wildman–Crippen MR) is 129 cm³/mol. The lowest BCUT2D eigenvalue weighted by atomic mass is 10.2. The first-order valence-corrected chi connectivity index (χ1v) is 10.9. The topological polar surface area (TPSA) is 150 Å². The predicted octanol–water partition coefficient (Wildman–Crippen LogP) is 2.42. The van der Waals surface area contributed by atoms with Gasteiger partial charge in [-0.1, -0.05) is 42.5 Å². The quantitative estimate of drug-likeness (QED) is 0.260. The van der Waals surface area contributed by atoms with Crippen LogP contribution in [0.3, 0.4) is 0 Å². The van der Waals surface area contributed by atoms with E-state index in [4.69, 9.17) is 15.1 Å². The molecule has 0 bridgehead atoms. The largest absolute Gasteiger partial charge is 0.494 e. The smallest absolute Gasteiger partial charge is 0.293 e. The van der Waals surface area contributed by atoms with Crippen molar-refractivity contribution in [3.63, 3.8) is 0 Å². The number of nitrogen functional groups attached to an aromatic ring is 1. The molecule has 4 aromatic rings. The molecule has 0 aliphatic rings. The second kappa shape index (κ2) is 10.9. The number of hydrogen-bond donors (Lipinski definition) is 2. The van der Waals surface area contributed by atoms with Crippen LogP contribution in [-0.2, 0) is 6.54 Å². The summed E-state index contributed by atoms with van der Waals surface area (Å²) < 4.78 is 11.7. The Hall–Kier alpha value is -4.74. The minimum absolute atomic E-state index is 0.0219. The molecular formula is C23H25N9O3. The number of hydrazone groups is 1. The molecular weight excluding hydrogens is 450 g/mol. The summed E-state index contributed by atoms with van der Waals surface area (Å²) in [6.45, 7) is 2.93. The fourth-order valence-corrected chi connectivity index (χ4v) is 3.25. The van der Waals surface area contributed by atoms with Crippen molar-refractivity contribution < 1.29 is 14.2 Å². The van der Waals surface area contributed by atoms with Gasteiger partial charge in [-0.3, -0.25) is 4.79 Å². The number of hydrogen-bond acceptors (Lipinski definition) is 10. The van der Waals surface area contributed by atoms with Crippen molar-refractivity contribution in [2.45, 2.75) is 19.9 Å². The molecule has 0 aliphatic carbocycles. The lowest BCUT2D eigenvalue weighted by molar-refractivity contribution is 0.0949. The van der Waals surface area contributed by atoms with E-state index >= 15 is 0 Å². The number of aromatic nitrogens is 5. The molecule has 12 heteroatoms. The van der Waals surface area contributed by atoms with E-state index in [2.05, 4.69) is 31.2 Å². The maximum absolute atomic E-state index is 13.0. The van der Waals surface area contributed by atoms with E-state index in [1.165, 1.54) is 10.9 Å². The van der Waals surface area contributed by atoms with E-state index in [9.17, 15) is 4.79 Å². The molecule has 0 saturated carbocycles. The number of benzene rings is 2. The number of anilines is 2. The molecule has 0 spiro atoms. The van der Waals surface area contributed by atoms with Crippen LogP contribution in [0, 0.1) is 0 Å². The fourth-order valence-electron chi connectivity index (χ4n) is 3.25. The molecule has 0 radical (unpaired) electrons. The first-order chi connectivity index (χ1) is 17.1. The molecule has 12 nitrogen and oxygen atoms in total. The highest BCUT2D eigenvalue weighted by Gasteiger charge is 2.25. The maximum Gasteiger partial charge on any atom is 0.293 e. The Morgan fingerprint density at radius 3 is 2.80 bits per heavy atom. The van der Waals surface area contributed by atoms with Crippen LogP contribution in [0.1, 0.15) is 35.1 Å². The van der Waals surface area contributed by atoms with Crippen LogP contribution in [0.5, 0.6) is 5.75 Å². The van der Waals surface area contributed by atoms with Gasteiger partial charge in [0.15, 0.2) is 5.69 Å². The average Bonchev–Trinajstić information content (AvgIpc) is 3.49. The van der Waals surface area contributed by atoms with Gasteiger partial charge in [0.05, 0.1) is 25.1 Å². The third kappa shape index (κ3) is 5.61. The van der Waals surface area contributed by atoms with Gasteiger partial charge in [0.2, 0.25) is 11.6 Å². The number of ether oxygens (including phenoxy) is 1. The van der Waals surface area contributed by atoms with Crippen LogP contribution in [0.4, 0.5) is 11.5 Å². The Morgan fingerprint density at radius 1 is 1.23 bits per heavy atom. The number of carbonyl (C=O) groups is 1. The van der Waals surface area contributed by atoms with Gasteiger partial charge >= 0.3 is 0 Å². The highest BCUT2D eigenvalue weighted by Crippen LogP contribution is 2.20. The molecule has 0 unspecified atom stereocenters. The third-order valence-corrected chi connectivity index (χ3v) is 4.97. The summed E-state index contributed by atoms with van der Waals surface area (Å²) >= 11 is 0. The van der Waals surface area contributed by atoms with E-state index in [0.29, 0.717) is 12.3 Å². The van der Waals surface area contributed by atoms with E-state index in [-0.39, 0.29) is 23.9 Å². The summed E-state index contributed by atoms with van der Waals surface area (Å²) in [7, 11) is 1.88. The molecule has 1 amide bonds. The first-order valence-electron chi connectivity index (χ1n) is 10.9. The van der Waals surface area contributed by atoms with Gasteiger partial charge < -0.3 is 15.4 Å². The van der Waals surface area contributed by atoms with E-state index in [0.717, 1.165) is 23.4 Å². The number of nitrogens with two attached hydrogens (primary N) is 1. The zero-order valence-corrected chi connectivity index (χ0v) is 19.3. The van der Waals surface area contributed by atoms with Crippen molar-refractivity contribution in [3.8, 4) is 11.6 Å². The van der Waals surface area contributed by atoms with E-state index < -0.39 is 5.91 Å². The van der Waals surface area contributed by atoms with Crippen molar-refractivity contribution in [3.05, 3.63) is 71.5 Å². The van der Waals surface area contributed by atoms with Gasteiger partial charge in [-0.15, -0.1) is 5.10 Å². The SMILES string of the molecule is CCCOc1cccc(/C=N\NC(=O)c2nnn(-c3nonc3N)c2CN(C)c2ccccc2)c1. The molecule has 0 saturated heterocycles. The van der Waals surface area contributed by atoms with Gasteiger partial charge in [0.1, 0.15) is 5.75 Å².